The van der Waals surface area contributed by atoms with E-state index < -0.39 is 11.9 Å². The van der Waals surface area contributed by atoms with Gasteiger partial charge in [0.1, 0.15) is 31.0 Å². The van der Waals surface area contributed by atoms with E-state index in [0.717, 1.165) is 56.8 Å². The molecule has 0 aliphatic heterocycles. The molecule has 4 atom stereocenters. The number of Topliss-reactive ketones (excluding diaryl/α,β-unsaturated/α-hetero) is 2. The van der Waals surface area contributed by atoms with Gasteiger partial charge in [-0.1, -0.05) is 69.3 Å². The van der Waals surface area contributed by atoms with Gasteiger partial charge in [-0.15, -0.1) is 0 Å². The zero-order valence-electron chi connectivity index (χ0n) is 35.2. The number of carbonyl (C=O) groups is 5. The average Bonchev–Trinajstić information content (AvgIpc) is 2.98. The Hall–Kier alpha value is -1.05. The second-order valence-electron chi connectivity index (χ2n) is 11.4. The van der Waals surface area contributed by atoms with Crippen molar-refractivity contribution < 1.29 is 93.6 Å². The van der Waals surface area contributed by atoms with Crippen LogP contribution >= 0.6 is 15.9 Å². The Morgan fingerprint density at radius 3 is 1.28 bits per heavy atom. The first-order chi connectivity index (χ1) is 23.3. The van der Waals surface area contributed by atoms with Gasteiger partial charge in [-0.2, -0.15) is 0 Å². The predicted molar refractivity (Wildman–Crippen MR) is 210 cm³/mol. The fraction of sp³-hybridized carbons (Fsp3) is 0.861. The van der Waals surface area contributed by atoms with Crippen molar-refractivity contribution in [2.45, 2.75) is 165 Å². The van der Waals surface area contributed by atoms with E-state index in [1.54, 1.807) is 0 Å². The molecule has 0 aromatic heterocycles. The molecule has 0 spiro atoms. The van der Waals surface area contributed by atoms with E-state index in [4.69, 9.17) is 40.6 Å². The Bertz CT molecular complexity index is 770. The van der Waals surface area contributed by atoms with Crippen LogP contribution in [0.15, 0.2) is 0 Å². The molecule has 0 aliphatic rings. The van der Waals surface area contributed by atoms with Crippen molar-refractivity contribution in [1.29, 1.82) is 0 Å². The van der Waals surface area contributed by atoms with Crippen molar-refractivity contribution in [1.82, 2.24) is 0 Å². The SMILES string of the molecule is CC(=O)CC(=O)O.CCCC(C)O.CCCC(C)OC(C)=O.CCCC(C)OCCN.CCCC(C)OCCOC(=O)CC(C)=O.NCCBr.O.[Na+].[OH-]. The summed E-state index contributed by atoms with van der Waals surface area (Å²) in [6, 6.07) is 0. The number of esters is 2. The van der Waals surface area contributed by atoms with E-state index in [1.165, 1.54) is 27.2 Å². The van der Waals surface area contributed by atoms with Gasteiger partial charge in [-0.3, -0.25) is 24.0 Å². The molecule has 9 N–H and O–H groups in total. The zero-order valence-corrected chi connectivity index (χ0v) is 38.8. The van der Waals surface area contributed by atoms with Crippen LogP contribution in [0.4, 0.5) is 0 Å². The summed E-state index contributed by atoms with van der Waals surface area (Å²) in [5.74, 6) is -2.22. The molecule has 17 heteroatoms. The normalized spacial score (nSPS) is 11.2. The number of aliphatic hydroxyl groups excluding tert-OH is 1. The summed E-state index contributed by atoms with van der Waals surface area (Å²) >= 11 is 3.12. The number of aliphatic carboxylic acids is 1. The largest absolute Gasteiger partial charge is 1.00 e. The molecule has 0 bridgehead atoms. The molecule has 0 amide bonds. The van der Waals surface area contributed by atoms with Gasteiger partial charge < -0.3 is 51.6 Å². The number of ether oxygens (including phenoxy) is 4. The Kier molecular flexibility index (Phi) is 83.0. The quantitative estimate of drug-likeness (QED) is 0.0424. The zero-order chi connectivity index (χ0) is 40.3. The molecule has 0 aliphatic carbocycles. The van der Waals surface area contributed by atoms with Crippen LogP contribution in [-0.2, 0) is 42.9 Å². The van der Waals surface area contributed by atoms with Gasteiger partial charge in [0.2, 0.25) is 0 Å². The maximum Gasteiger partial charge on any atom is 1.00 e. The maximum atomic E-state index is 10.9. The van der Waals surface area contributed by atoms with Crippen molar-refractivity contribution in [3.63, 3.8) is 0 Å². The number of hydrogen-bond acceptors (Lipinski definition) is 13. The van der Waals surface area contributed by atoms with Crippen LogP contribution < -0.4 is 41.0 Å². The second kappa shape index (κ2) is 60.2. The van der Waals surface area contributed by atoms with E-state index in [9.17, 15) is 24.0 Å². The van der Waals surface area contributed by atoms with Crippen LogP contribution in [0, 0.1) is 0 Å². The number of carboxylic acids is 1. The van der Waals surface area contributed by atoms with Crippen molar-refractivity contribution >= 4 is 45.4 Å². The summed E-state index contributed by atoms with van der Waals surface area (Å²) in [5, 5.41) is 17.3. The summed E-state index contributed by atoms with van der Waals surface area (Å²) < 4.78 is 20.3. The molecule has 0 radical (unpaired) electrons. The summed E-state index contributed by atoms with van der Waals surface area (Å²) in [6.07, 6.45) is 8.50. The van der Waals surface area contributed by atoms with Gasteiger partial charge in [0.15, 0.2) is 0 Å². The Morgan fingerprint density at radius 2 is 1.04 bits per heavy atom. The van der Waals surface area contributed by atoms with Crippen molar-refractivity contribution in [2.24, 2.45) is 11.5 Å². The molecule has 0 rings (SSSR count). The van der Waals surface area contributed by atoms with Crippen molar-refractivity contribution in [2.75, 3.05) is 38.2 Å². The number of carboxylic acid groups (broad SMARTS) is 1. The molecular weight excluding hydrogens is 771 g/mol. The number of carbonyl (C=O) groups excluding carboxylic acids is 4. The molecule has 4 unspecified atom stereocenters. The first-order valence-corrected chi connectivity index (χ1v) is 18.9. The molecule has 15 nitrogen and oxygen atoms in total. The Balaban J connectivity index is -0.0000000647. The van der Waals surface area contributed by atoms with Gasteiger partial charge in [0, 0.05) is 25.3 Å². The van der Waals surface area contributed by atoms with E-state index in [2.05, 4.69) is 50.5 Å². The van der Waals surface area contributed by atoms with E-state index in [-0.39, 0.29) is 95.8 Å². The molecular formula is C36H78BrN2NaO13. The van der Waals surface area contributed by atoms with Gasteiger partial charge >= 0.3 is 47.5 Å². The smallest absolute Gasteiger partial charge is 0.870 e. The summed E-state index contributed by atoms with van der Waals surface area (Å²) in [5.41, 5.74) is 10.2. The van der Waals surface area contributed by atoms with Gasteiger partial charge in [0.05, 0.1) is 37.6 Å². The number of halogens is 1. The van der Waals surface area contributed by atoms with Crippen molar-refractivity contribution in [3.8, 4) is 0 Å². The first-order valence-electron chi connectivity index (χ1n) is 17.8. The van der Waals surface area contributed by atoms with Gasteiger partial charge in [-0.05, 0) is 67.2 Å². The minimum absolute atomic E-state index is 0. The summed E-state index contributed by atoms with van der Waals surface area (Å²) in [6.45, 7) is 22.9. The fourth-order valence-corrected chi connectivity index (χ4v) is 3.29. The number of alkyl halides is 1. The monoisotopic (exact) mass is 848 g/mol. The van der Waals surface area contributed by atoms with Crippen LogP contribution in [0.25, 0.3) is 0 Å². The van der Waals surface area contributed by atoms with Crippen LogP contribution in [0.1, 0.15) is 140 Å². The Morgan fingerprint density at radius 1 is 0.660 bits per heavy atom. The number of ketones is 2. The standard InChI is InChI=1S/C11H20O4.C7H17NO.C7H14O2.C5H12O.C4H6O3.C2H6BrN.Na.2H2O/c1-4-5-10(3)14-6-7-15-11(13)8-9(2)12;1-3-4-7(2)9-6-5-8;1-4-5-6(2)9-7(3)8;1-3-4-5(2)6;1-3(5)2-4(6)7;3-1-2-4;;;/h10H,4-8H2,1-3H3;7H,3-6,8H2,1-2H3;6H,4-5H2,1-3H3;5-6H,3-4H2,1-2H3;2H2,1H3,(H,6,7);1-2,4H2;;2*1H2/q;;;;;;+1;;/p-1. The Labute approximate surface area is 351 Å². The van der Waals surface area contributed by atoms with E-state index in [0.29, 0.717) is 25.9 Å². The van der Waals surface area contributed by atoms with Crippen LogP contribution in [-0.4, -0.2) is 113 Å². The minimum Gasteiger partial charge on any atom is -0.870 e. The third kappa shape index (κ3) is 99.9. The number of nitrogens with two attached hydrogens (primary N) is 2. The number of aliphatic hydroxyl groups is 1. The number of rotatable bonds is 21. The molecule has 0 aromatic carbocycles. The maximum absolute atomic E-state index is 10.9. The van der Waals surface area contributed by atoms with Crippen molar-refractivity contribution in [3.05, 3.63) is 0 Å². The molecule has 0 saturated carbocycles. The first kappa shape index (κ1) is 73.1. The molecule has 0 saturated heterocycles. The van der Waals surface area contributed by atoms with Crippen LogP contribution in [0.3, 0.4) is 0 Å². The fourth-order valence-electron chi connectivity index (χ4n) is 3.29. The van der Waals surface area contributed by atoms with Gasteiger partial charge in [0.25, 0.3) is 0 Å². The number of hydrogen-bond donors (Lipinski definition) is 4. The van der Waals surface area contributed by atoms with Crippen LogP contribution in [0.5, 0.6) is 0 Å². The third-order valence-electron chi connectivity index (χ3n) is 5.33. The molecule has 318 valence electrons. The average molecular weight is 850 g/mol. The predicted octanol–water partition coefficient (Wildman–Crippen LogP) is 2.16. The minimum atomic E-state index is -1.06. The second-order valence-corrected chi connectivity index (χ2v) is 12.2. The molecule has 53 heavy (non-hydrogen) atoms. The third-order valence-corrected chi connectivity index (χ3v) is 5.79. The molecule has 0 fully saturated rings. The summed E-state index contributed by atoms with van der Waals surface area (Å²) in [7, 11) is 0. The molecule has 0 aromatic rings. The van der Waals surface area contributed by atoms with E-state index in [1.807, 2.05) is 20.8 Å². The summed E-state index contributed by atoms with van der Waals surface area (Å²) in [4.78, 5) is 51.2. The van der Waals surface area contributed by atoms with Crippen LogP contribution in [0.2, 0.25) is 0 Å². The van der Waals surface area contributed by atoms with Gasteiger partial charge in [-0.25, -0.2) is 0 Å². The molecule has 0 heterocycles. The van der Waals surface area contributed by atoms with E-state index >= 15 is 0 Å². The topological polar surface area (TPSA) is 276 Å².